The highest BCUT2D eigenvalue weighted by molar-refractivity contribution is 5.59. The van der Waals surface area contributed by atoms with E-state index in [1.165, 1.54) is 11.6 Å². The molecule has 27 heavy (non-hydrogen) atoms. The average molecular weight is 357 g/mol. The van der Waals surface area contributed by atoms with E-state index in [0.29, 0.717) is 23.8 Å². The molecule has 5 heteroatoms. The van der Waals surface area contributed by atoms with E-state index in [1.54, 1.807) is 16.8 Å². The maximum Gasteiger partial charge on any atom is 0.259 e. The molecule has 5 nitrogen and oxygen atoms in total. The molecule has 0 radical (unpaired) electrons. The SMILES string of the molecule is Cc1ccc(-c2noc(-c3ccc(=O)n(Cc4cccc(C)c4)c3)n2)cc1. The Kier molecular flexibility index (Phi) is 4.42. The summed E-state index contributed by atoms with van der Waals surface area (Å²) in [5.41, 5.74) is 4.94. The van der Waals surface area contributed by atoms with Crippen molar-refractivity contribution < 1.29 is 4.52 Å². The fraction of sp³-hybridized carbons (Fsp3) is 0.136. The summed E-state index contributed by atoms with van der Waals surface area (Å²) < 4.78 is 7.08. The van der Waals surface area contributed by atoms with E-state index >= 15 is 0 Å². The first-order valence-corrected chi connectivity index (χ1v) is 8.76. The number of nitrogens with zero attached hydrogens (tertiary/aromatic N) is 3. The van der Waals surface area contributed by atoms with E-state index in [1.807, 2.05) is 56.3 Å². The van der Waals surface area contributed by atoms with E-state index in [-0.39, 0.29) is 5.56 Å². The summed E-state index contributed by atoms with van der Waals surface area (Å²) in [6, 6.07) is 19.3. The monoisotopic (exact) mass is 357 g/mol. The van der Waals surface area contributed by atoms with Crippen LogP contribution in [0.1, 0.15) is 16.7 Å². The molecule has 134 valence electrons. The number of hydrogen-bond donors (Lipinski definition) is 0. The fourth-order valence-corrected chi connectivity index (χ4v) is 2.95. The lowest BCUT2D eigenvalue weighted by Gasteiger charge is -2.07. The predicted octanol–water partition coefficient (Wildman–Crippen LogP) is 4.23. The lowest BCUT2D eigenvalue weighted by atomic mass is 10.1. The van der Waals surface area contributed by atoms with Crippen LogP contribution in [0.3, 0.4) is 0 Å². The van der Waals surface area contributed by atoms with Gasteiger partial charge in [-0.1, -0.05) is 64.8 Å². The Morgan fingerprint density at radius 1 is 0.926 bits per heavy atom. The van der Waals surface area contributed by atoms with Gasteiger partial charge in [-0.15, -0.1) is 0 Å². The van der Waals surface area contributed by atoms with Crippen LogP contribution in [0.15, 0.2) is 76.2 Å². The van der Waals surface area contributed by atoms with Crippen molar-refractivity contribution >= 4 is 0 Å². The van der Waals surface area contributed by atoms with Gasteiger partial charge in [0.05, 0.1) is 12.1 Å². The average Bonchev–Trinajstić information content (AvgIpc) is 3.14. The molecule has 0 bridgehead atoms. The third-order valence-electron chi connectivity index (χ3n) is 4.40. The van der Waals surface area contributed by atoms with Crippen molar-refractivity contribution in [3.05, 3.63) is 93.9 Å². The second-order valence-corrected chi connectivity index (χ2v) is 6.66. The highest BCUT2D eigenvalue weighted by Crippen LogP contribution is 2.22. The van der Waals surface area contributed by atoms with E-state index < -0.39 is 0 Å². The Hall–Kier alpha value is -3.47. The normalized spacial score (nSPS) is 10.9. The highest BCUT2D eigenvalue weighted by Gasteiger charge is 2.12. The maximum absolute atomic E-state index is 12.2. The van der Waals surface area contributed by atoms with Gasteiger partial charge in [0.15, 0.2) is 0 Å². The first-order chi connectivity index (χ1) is 13.1. The van der Waals surface area contributed by atoms with Gasteiger partial charge in [0.25, 0.3) is 11.4 Å². The lowest BCUT2D eigenvalue weighted by Crippen LogP contribution is -2.19. The second kappa shape index (κ2) is 7.03. The molecule has 0 saturated carbocycles. The Bertz CT molecular complexity index is 1140. The summed E-state index contributed by atoms with van der Waals surface area (Å²) in [4.78, 5) is 16.7. The van der Waals surface area contributed by atoms with Crippen LogP contribution >= 0.6 is 0 Å². The van der Waals surface area contributed by atoms with Crippen LogP contribution in [-0.4, -0.2) is 14.7 Å². The molecule has 0 atom stereocenters. The first kappa shape index (κ1) is 17.0. The summed E-state index contributed by atoms with van der Waals surface area (Å²) in [6.45, 7) is 4.56. The van der Waals surface area contributed by atoms with Crippen molar-refractivity contribution in [2.75, 3.05) is 0 Å². The van der Waals surface area contributed by atoms with Crippen LogP contribution in [0.25, 0.3) is 22.8 Å². The van der Waals surface area contributed by atoms with Gasteiger partial charge in [-0.25, -0.2) is 0 Å². The number of aryl methyl sites for hydroxylation is 2. The molecule has 2 aromatic carbocycles. The zero-order valence-electron chi connectivity index (χ0n) is 15.2. The van der Waals surface area contributed by atoms with E-state index in [2.05, 4.69) is 16.2 Å². The van der Waals surface area contributed by atoms with Gasteiger partial charge in [-0.3, -0.25) is 4.79 Å². The Labute approximate surface area is 156 Å². The summed E-state index contributed by atoms with van der Waals surface area (Å²) in [6.07, 6.45) is 1.76. The Morgan fingerprint density at radius 3 is 2.48 bits per heavy atom. The van der Waals surface area contributed by atoms with Crippen LogP contribution in [0, 0.1) is 13.8 Å². The molecule has 0 saturated heterocycles. The minimum Gasteiger partial charge on any atom is -0.334 e. The van der Waals surface area contributed by atoms with Crippen molar-refractivity contribution in [1.82, 2.24) is 14.7 Å². The quantitative estimate of drug-likeness (QED) is 0.548. The Balaban J connectivity index is 1.65. The fourth-order valence-electron chi connectivity index (χ4n) is 2.95. The van der Waals surface area contributed by atoms with Crippen LogP contribution in [0.2, 0.25) is 0 Å². The first-order valence-electron chi connectivity index (χ1n) is 8.76. The van der Waals surface area contributed by atoms with Crippen molar-refractivity contribution in [2.45, 2.75) is 20.4 Å². The van der Waals surface area contributed by atoms with E-state index in [9.17, 15) is 4.79 Å². The molecule has 0 aliphatic rings. The van der Waals surface area contributed by atoms with Crippen molar-refractivity contribution in [2.24, 2.45) is 0 Å². The molecule has 0 unspecified atom stereocenters. The summed E-state index contributed by atoms with van der Waals surface area (Å²) in [7, 11) is 0. The third kappa shape index (κ3) is 3.72. The van der Waals surface area contributed by atoms with Gasteiger partial charge in [-0.05, 0) is 25.5 Å². The summed E-state index contributed by atoms with van der Waals surface area (Å²) in [5, 5.41) is 4.07. The molecule has 0 N–H and O–H groups in total. The minimum atomic E-state index is -0.0708. The van der Waals surface area contributed by atoms with Gasteiger partial charge in [-0.2, -0.15) is 4.98 Å². The van der Waals surface area contributed by atoms with E-state index in [0.717, 1.165) is 16.7 Å². The Morgan fingerprint density at radius 2 is 1.70 bits per heavy atom. The molecule has 4 rings (SSSR count). The minimum absolute atomic E-state index is 0.0708. The van der Waals surface area contributed by atoms with Crippen LogP contribution in [0.5, 0.6) is 0 Å². The van der Waals surface area contributed by atoms with Crippen LogP contribution in [0.4, 0.5) is 0 Å². The molecular weight excluding hydrogens is 338 g/mol. The highest BCUT2D eigenvalue weighted by atomic mass is 16.5. The van der Waals surface area contributed by atoms with Crippen molar-refractivity contribution in [1.29, 1.82) is 0 Å². The number of aromatic nitrogens is 3. The number of benzene rings is 2. The van der Waals surface area contributed by atoms with Crippen LogP contribution in [-0.2, 0) is 6.54 Å². The summed E-state index contributed by atoms with van der Waals surface area (Å²) >= 11 is 0. The molecule has 0 fully saturated rings. The van der Waals surface area contributed by atoms with Gasteiger partial charge >= 0.3 is 0 Å². The van der Waals surface area contributed by atoms with Crippen molar-refractivity contribution in [3.63, 3.8) is 0 Å². The van der Waals surface area contributed by atoms with Gasteiger partial charge in [0.2, 0.25) is 5.82 Å². The molecule has 4 aromatic rings. The largest absolute Gasteiger partial charge is 0.334 e. The third-order valence-corrected chi connectivity index (χ3v) is 4.40. The molecule has 2 heterocycles. The molecule has 0 spiro atoms. The zero-order chi connectivity index (χ0) is 18.8. The topological polar surface area (TPSA) is 60.9 Å². The van der Waals surface area contributed by atoms with Crippen molar-refractivity contribution in [3.8, 4) is 22.8 Å². The molecule has 0 amide bonds. The molecular formula is C22H19N3O2. The molecule has 0 aliphatic heterocycles. The number of pyridine rings is 1. The zero-order valence-corrected chi connectivity index (χ0v) is 15.2. The number of hydrogen-bond acceptors (Lipinski definition) is 4. The van der Waals surface area contributed by atoms with E-state index in [4.69, 9.17) is 4.52 Å². The van der Waals surface area contributed by atoms with Crippen LogP contribution < -0.4 is 5.56 Å². The molecule has 0 aliphatic carbocycles. The maximum atomic E-state index is 12.2. The molecule has 2 aromatic heterocycles. The predicted molar refractivity (Wildman–Crippen MR) is 104 cm³/mol. The standard InChI is InChI=1S/C22H19N3O2/c1-15-6-8-18(9-7-15)21-23-22(27-24-21)19-10-11-20(26)25(14-19)13-17-5-3-4-16(2)12-17/h3-12,14H,13H2,1-2H3. The van der Waals surface area contributed by atoms with Gasteiger partial charge in [0, 0.05) is 17.8 Å². The summed E-state index contributed by atoms with van der Waals surface area (Å²) in [5.74, 6) is 0.921. The number of rotatable bonds is 4. The van der Waals surface area contributed by atoms with Gasteiger partial charge < -0.3 is 9.09 Å². The smallest absolute Gasteiger partial charge is 0.259 e. The lowest BCUT2D eigenvalue weighted by molar-refractivity contribution is 0.432. The second-order valence-electron chi connectivity index (χ2n) is 6.66. The van der Waals surface area contributed by atoms with Gasteiger partial charge in [0.1, 0.15) is 0 Å².